The van der Waals surface area contributed by atoms with E-state index in [1.807, 2.05) is 24.3 Å². The lowest BCUT2D eigenvalue weighted by Gasteiger charge is -2.11. The highest BCUT2D eigenvalue weighted by Crippen LogP contribution is 2.17. The average molecular weight is 376 g/mol. The molecule has 0 aromatic heterocycles. The summed E-state index contributed by atoms with van der Waals surface area (Å²) in [5, 5.41) is 2.83. The number of sulfonamides is 1. The van der Waals surface area contributed by atoms with Crippen molar-refractivity contribution in [1.82, 2.24) is 10.0 Å². The number of carbonyl (C=O) groups excluding carboxylic acids is 1. The fourth-order valence-corrected chi connectivity index (χ4v) is 3.74. The molecule has 2 aromatic carbocycles. The number of para-hydroxylation sites is 1. The van der Waals surface area contributed by atoms with Crippen LogP contribution in [0.1, 0.15) is 29.8 Å². The number of hydrogen-bond donors (Lipinski definition) is 2. The number of ether oxygens (including phenoxy) is 1. The molecule has 0 saturated heterocycles. The van der Waals surface area contributed by atoms with E-state index in [4.69, 9.17) is 4.74 Å². The van der Waals surface area contributed by atoms with E-state index in [1.165, 1.54) is 24.3 Å². The number of carbonyl (C=O) groups is 1. The molecule has 2 rings (SSSR count). The maximum absolute atomic E-state index is 12.2. The number of rotatable bonds is 8. The van der Waals surface area contributed by atoms with E-state index in [0.717, 1.165) is 11.3 Å². The topological polar surface area (TPSA) is 84.5 Å². The minimum Gasteiger partial charge on any atom is -0.496 e. The van der Waals surface area contributed by atoms with Gasteiger partial charge < -0.3 is 10.1 Å². The van der Waals surface area contributed by atoms with Gasteiger partial charge in [0.15, 0.2) is 0 Å². The third-order valence-electron chi connectivity index (χ3n) is 3.69. The molecule has 0 aliphatic rings. The van der Waals surface area contributed by atoms with Crippen molar-refractivity contribution in [3.63, 3.8) is 0 Å². The summed E-state index contributed by atoms with van der Waals surface area (Å²) >= 11 is 0. The first-order valence-corrected chi connectivity index (χ1v) is 9.84. The standard InChI is InChI=1S/C19H24N2O4S/c1-14(2)21-26(23,24)17-10-8-16(9-11-17)19(22)20-13-12-15-6-4-5-7-18(15)25-3/h4-11,14,21H,12-13H2,1-3H3,(H,20,22). The molecule has 0 saturated carbocycles. The maximum Gasteiger partial charge on any atom is 0.251 e. The van der Waals surface area contributed by atoms with Crippen molar-refractivity contribution >= 4 is 15.9 Å². The Bertz CT molecular complexity index is 846. The van der Waals surface area contributed by atoms with Crippen LogP contribution in [0.3, 0.4) is 0 Å². The molecule has 0 unspecified atom stereocenters. The van der Waals surface area contributed by atoms with Crippen LogP contribution in [0.2, 0.25) is 0 Å². The van der Waals surface area contributed by atoms with Crippen molar-refractivity contribution in [2.75, 3.05) is 13.7 Å². The summed E-state index contributed by atoms with van der Waals surface area (Å²) in [4.78, 5) is 12.4. The number of benzene rings is 2. The van der Waals surface area contributed by atoms with Gasteiger partial charge in [0.05, 0.1) is 12.0 Å². The van der Waals surface area contributed by atoms with Crippen molar-refractivity contribution in [3.8, 4) is 5.75 Å². The molecule has 0 fully saturated rings. The van der Waals surface area contributed by atoms with Gasteiger partial charge in [0.1, 0.15) is 5.75 Å². The fraction of sp³-hybridized carbons (Fsp3) is 0.316. The summed E-state index contributed by atoms with van der Waals surface area (Å²) in [5.41, 5.74) is 1.42. The quantitative estimate of drug-likeness (QED) is 0.741. The molecule has 7 heteroatoms. The molecular weight excluding hydrogens is 352 g/mol. The van der Waals surface area contributed by atoms with Crippen LogP contribution < -0.4 is 14.8 Å². The fourth-order valence-electron chi connectivity index (χ4n) is 2.49. The summed E-state index contributed by atoms with van der Waals surface area (Å²) in [6.45, 7) is 3.95. The van der Waals surface area contributed by atoms with Crippen LogP contribution in [0.5, 0.6) is 5.75 Å². The van der Waals surface area contributed by atoms with Crippen LogP contribution in [0.25, 0.3) is 0 Å². The smallest absolute Gasteiger partial charge is 0.251 e. The van der Waals surface area contributed by atoms with Crippen LogP contribution in [0.15, 0.2) is 53.4 Å². The molecule has 0 spiro atoms. The largest absolute Gasteiger partial charge is 0.496 e. The molecule has 1 amide bonds. The number of hydrogen-bond acceptors (Lipinski definition) is 4. The zero-order valence-electron chi connectivity index (χ0n) is 15.2. The van der Waals surface area contributed by atoms with Crippen LogP contribution in [-0.4, -0.2) is 34.0 Å². The second-order valence-electron chi connectivity index (χ2n) is 6.12. The Hall–Kier alpha value is -2.38. The summed E-state index contributed by atoms with van der Waals surface area (Å²) < 4.78 is 32.0. The van der Waals surface area contributed by atoms with Crippen LogP contribution >= 0.6 is 0 Å². The zero-order valence-corrected chi connectivity index (χ0v) is 16.0. The molecule has 0 atom stereocenters. The van der Waals surface area contributed by atoms with Gasteiger partial charge in [-0.3, -0.25) is 4.79 Å². The molecule has 26 heavy (non-hydrogen) atoms. The average Bonchev–Trinajstić information content (AvgIpc) is 2.61. The molecule has 140 valence electrons. The van der Waals surface area contributed by atoms with Gasteiger partial charge in [0.2, 0.25) is 10.0 Å². The molecule has 0 bridgehead atoms. The van der Waals surface area contributed by atoms with Gasteiger partial charge in [-0.05, 0) is 56.2 Å². The Morgan fingerprint density at radius 1 is 1.08 bits per heavy atom. The van der Waals surface area contributed by atoms with Crippen molar-refractivity contribution in [2.24, 2.45) is 0 Å². The van der Waals surface area contributed by atoms with E-state index in [1.54, 1.807) is 21.0 Å². The second-order valence-corrected chi connectivity index (χ2v) is 7.83. The maximum atomic E-state index is 12.2. The van der Waals surface area contributed by atoms with Crippen LogP contribution in [0, 0.1) is 0 Å². The van der Waals surface area contributed by atoms with Gasteiger partial charge in [0.25, 0.3) is 5.91 Å². The summed E-state index contributed by atoms with van der Waals surface area (Å²) in [6, 6.07) is 13.3. The van der Waals surface area contributed by atoms with E-state index >= 15 is 0 Å². The first kappa shape index (κ1) is 19.9. The minimum absolute atomic E-state index is 0.136. The summed E-state index contributed by atoms with van der Waals surface area (Å²) in [6.07, 6.45) is 0.639. The number of nitrogens with one attached hydrogen (secondary N) is 2. The van der Waals surface area contributed by atoms with Crippen molar-refractivity contribution < 1.29 is 17.9 Å². The third-order valence-corrected chi connectivity index (χ3v) is 5.36. The lowest BCUT2D eigenvalue weighted by atomic mass is 10.1. The first-order valence-electron chi connectivity index (χ1n) is 8.36. The normalized spacial score (nSPS) is 11.4. The van der Waals surface area contributed by atoms with Crippen molar-refractivity contribution in [1.29, 1.82) is 0 Å². The van der Waals surface area contributed by atoms with Gasteiger partial charge in [-0.15, -0.1) is 0 Å². The molecular formula is C19H24N2O4S. The summed E-state index contributed by atoms with van der Waals surface area (Å²) in [7, 11) is -1.95. The van der Waals surface area contributed by atoms with Crippen LogP contribution in [-0.2, 0) is 16.4 Å². The molecule has 2 aromatic rings. The van der Waals surface area contributed by atoms with Gasteiger partial charge in [-0.2, -0.15) is 0 Å². The molecule has 0 aliphatic heterocycles. The van der Waals surface area contributed by atoms with Crippen LogP contribution in [0.4, 0.5) is 0 Å². The molecule has 6 nitrogen and oxygen atoms in total. The SMILES string of the molecule is COc1ccccc1CCNC(=O)c1ccc(S(=O)(=O)NC(C)C)cc1. The Morgan fingerprint density at radius 3 is 2.35 bits per heavy atom. The third kappa shape index (κ3) is 5.31. The molecule has 0 aliphatic carbocycles. The minimum atomic E-state index is -3.56. The Morgan fingerprint density at radius 2 is 1.73 bits per heavy atom. The Labute approximate surface area is 154 Å². The molecule has 0 heterocycles. The monoisotopic (exact) mass is 376 g/mol. The Kier molecular flexibility index (Phi) is 6.76. The first-order chi connectivity index (χ1) is 12.3. The highest BCUT2D eigenvalue weighted by atomic mass is 32.2. The second kappa shape index (κ2) is 8.82. The van der Waals surface area contributed by atoms with Gasteiger partial charge in [-0.25, -0.2) is 13.1 Å². The highest BCUT2D eigenvalue weighted by Gasteiger charge is 2.16. The van der Waals surface area contributed by atoms with E-state index in [9.17, 15) is 13.2 Å². The summed E-state index contributed by atoms with van der Waals surface area (Å²) in [5.74, 6) is 0.537. The Balaban J connectivity index is 1.96. The number of amides is 1. The van der Waals surface area contributed by atoms with E-state index in [0.29, 0.717) is 18.5 Å². The molecule has 0 radical (unpaired) electrons. The highest BCUT2D eigenvalue weighted by molar-refractivity contribution is 7.89. The van der Waals surface area contributed by atoms with Gasteiger partial charge in [-0.1, -0.05) is 18.2 Å². The van der Waals surface area contributed by atoms with E-state index in [-0.39, 0.29) is 16.8 Å². The van der Waals surface area contributed by atoms with Crippen molar-refractivity contribution in [3.05, 3.63) is 59.7 Å². The van der Waals surface area contributed by atoms with E-state index < -0.39 is 10.0 Å². The van der Waals surface area contributed by atoms with Gasteiger partial charge >= 0.3 is 0 Å². The van der Waals surface area contributed by atoms with Crippen molar-refractivity contribution in [2.45, 2.75) is 31.2 Å². The predicted molar refractivity (Wildman–Crippen MR) is 101 cm³/mol. The number of methoxy groups -OCH3 is 1. The zero-order chi connectivity index (χ0) is 19.2. The lowest BCUT2D eigenvalue weighted by Crippen LogP contribution is -2.30. The van der Waals surface area contributed by atoms with E-state index in [2.05, 4.69) is 10.0 Å². The molecule has 2 N–H and O–H groups in total. The lowest BCUT2D eigenvalue weighted by molar-refractivity contribution is 0.0954. The van der Waals surface area contributed by atoms with Gasteiger partial charge in [0, 0.05) is 18.2 Å². The predicted octanol–water partition coefficient (Wildman–Crippen LogP) is 2.35.